The highest BCUT2D eigenvalue weighted by molar-refractivity contribution is 7.78. The Labute approximate surface area is 184 Å². The number of aromatic nitrogens is 5. The van der Waals surface area contributed by atoms with Gasteiger partial charge in [0.25, 0.3) is 5.92 Å². The van der Waals surface area contributed by atoms with Crippen LogP contribution in [0.1, 0.15) is 44.1 Å². The van der Waals surface area contributed by atoms with Crippen LogP contribution in [0.3, 0.4) is 0 Å². The normalized spacial score (nSPS) is 16.0. The minimum atomic E-state index is -2.74. The molecule has 0 unspecified atom stereocenters. The van der Waals surface area contributed by atoms with Crippen molar-refractivity contribution < 1.29 is 8.78 Å². The van der Waals surface area contributed by atoms with E-state index >= 15 is 0 Å². The van der Waals surface area contributed by atoms with Crippen molar-refractivity contribution in [2.45, 2.75) is 51.6 Å². The van der Waals surface area contributed by atoms with Gasteiger partial charge in [-0.3, -0.25) is 0 Å². The molecule has 0 amide bonds. The number of halogens is 2. The zero-order chi connectivity index (χ0) is 22.2. The lowest BCUT2D eigenvalue weighted by Gasteiger charge is -2.22. The van der Waals surface area contributed by atoms with Crippen LogP contribution in [-0.4, -0.2) is 49.1 Å². The largest absolute Gasteiger partial charge is 0.348 e. The molecule has 162 valence electrons. The number of rotatable bonds is 5. The molecule has 7 nitrogen and oxygen atoms in total. The number of anilines is 1. The maximum atomic E-state index is 13.9. The van der Waals surface area contributed by atoms with E-state index in [4.69, 9.17) is 4.98 Å². The maximum absolute atomic E-state index is 13.9. The lowest BCUT2D eigenvalue weighted by atomic mass is 9.96. The summed E-state index contributed by atoms with van der Waals surface area (Å²) in [5, 5.41) is 10.9. The van der Waals surface area contributed by atoms with Crippen LogP contribution in [0, 0.1) is 0 Å². The van der Waals surface area contributed by atoms with E-state index in [1.807, 2.05) is 45.0 Å². The van der Waals surface area contributed by atoms with Crippen LogP contribution in [0.2, 0.25) is 0 Å². The number of aliphatic imine (C=N–C) groups is 1. The lowest BCUT2D eigenvalue weighted by Crippen LogP contribution is -2.27. The van der Waals surface area contributed by atoms with E-state index in [9.17, 15) is 8.78 Å². The van der Waals surface area contributed by atoms with E-state index < -0.39 is 5.92 Å². The monoisotopic (exact) mass is 443 g/mol. The molecular weight excluding hydrogens is 420 g/mol. The van der Waals surface area contributed by atoms with Crippen molar-refractivity contribution >= 4 is 34.4 Å². The zero-order valence-electron chi connectivity index (χ0n) is 17.6. The predicted molar refractivity (Wildman–Crippen MR) is 118 cm³/mol. The van der Waals surface area contributed by atoms with E-state index in [2.05, 4.69) is 37.7 Å². The Morgan fingerprint density at radius 2 is 1.94 bits per heavy atom. The SMILES string of the molecule is CC(C)(C)c1nc(N2CCC(F)(F)C2)c2nnn(Cc3ccccc3CN=C=S)c2n1. The second kappa shape index (κ2) is 8.01. The smallest absolute Gasteiger partial charge is 0.266 e. The van der Waals surface area contributed by atoms with Gasteiger partial charge in [-0.25, -0.2) is 28.4 Å². The van der Waals surface area contributed by atoms with E-state index in [1.54, 1.807) is 9.58 Å². The Morgan fingerprint density at radius 1 is 1.19 bits per heavy atom. The van der Waals surface area contributed by atoms with Crippen LogP contribution in [0.4, 0.5) is 14.6 Å². The summed E-state index contributed by atoms with van der Waals surface area (Å²) >= 11 is 4.69. The molecule has 10 heteroatoms. The van der Waals surface area contributed by atoms with E-state index in [0.29, 0.717) is 35.9 Å². The van der Waals surface area contributed by atoms with E-state index in [1.165, 1.54) is 0 Å². The molecule has 0 atom stereocenters. The van der Waals surface area contributed by atoms with Gasteiger partial charge in [0.2, 0.25) is 0 Å². The first-order chi connectivity index (χ1) is 14.7. The Bertz CT molecular complexity index is 1160. The molecule has 1 aromatic carbocycles. The van der Waals surface area contributed by atoms with Gasteiger partial charge in [-0.2, -0.15) is 0 Å². The van der Waals surface area contributed by atoms with Gasteiger partial charge in [-0.05, 0) is 23.3 Å². The predicted octanol–water partition coefficient (Wildman–Crippen LogP) is 4.02. The fourth-order valence-corrected chi connectivity index (χ4v) is 3.63. The van der Waals surface area contributed by atoms with Crippen molar-refractivity contribution in [3.05, 3.63) is 41.2 Å². The third kappa shape index (κ3) is 4.45. The number of hydrogen-bond donors (Lipinski definition) is 0. The standard InChI is InChI=1S/C21H23F2N7S/c1-20(2,3)19-25-17(29-9-8-21(22,23)12-29)16-18(26-19)30(28-27-16)11-15-7-5-4-6-14(15)10-24-13-31/h4-7H,8-12H2,1-3H3. The molecule has 1 saturated heterocycles. The summed E-state index contributed by atoms with van der Waals surface area (Å²) in [5.41, 5.74) is 2.58. The molecule has 0 bridgehead atoms. The van der Waals surface area contributed by atoms with Gasteiger partial charge < -0.3 is 4.90 Å². The molecule has 0 aliphatic carbocycles. The summed E-state index contributed by atoms with van der Waals surface area (Å²) in [6.07, 6.45) is -0.203. The average molecular weight is 444 g/mol. The van der Waals surface area contributed by atoms with Crippen LogP contribution in [-0.2, 0) is 18.5 Å². The zero-order valence-corrected chi connectivity index (χ0v) is 18.5. The summed E-state index contributed by atoms with van der Waals surface area (Å²) in [6, 6.07) is 7.82. The quantitative estimate of drug-likeness (QED) is 0.438. The second-order valence-corrected chi connectivity index (χ2v) is 8.93. The number of hydrogen-bond acceptors (Lipinski definition) is 7. The highest BCUT2D eigenvalue weighted by Gasteiger charge is 2.40. The van der Waals surface area contributed by atoms with Crippen LogP contribution in [0.15, 0.2) is 29.3 Å². The molecule has 0 N–H and O–H groups in total. The van der Waals surface area contributed by atoms with Gasteiger partial charge in [0.1, 0.15) is 5.82 Å². The highest BCUT2D eigenvalue weighted by Crippen LogP contribution is 2.34. The first-order valence-corrected chi connectivity index (χ1v) is 10.4. The van der Waals surface area contributed by atoms with Crippen molar-refractivity contribution in [3.63, 3.8) is 0 Å². The van der Waals surface area contributed by atoms with Crippen LogP contribution < -0.4 is 4.90 Å². The van der Waals surface area contributed by atoms with Gasteiger partial charge in [0.05, 0.1) is 24.8 Å². The molecule has 0 saturated carbocycles. The molecule has 1 aliphatic rings. The van der Waals surface area contributed by atoms with Crippen molar-refractivity contribution in [1.82, 2.24) is 25.0 Å². The first-order valence-electron chi connectivity index (χ1n) is 10.0. The molecule has 1 aliphatic heterocycles. The molecule has 0 spiro atoms. The van der Waals surface area contributed by atoms with E-state index in [0.717, 1.165) is 11.1 Å². The molecule has 2 aromatic heterocycles. The molecular formula is C21H23F2N7S. The number of fused-ring (bicyclic) bond motifs is 1. The topological polar surface area (TPSA) is 72.1 Å². The highest BCUT2D eigenvalue weighted by atomic mass is 32.1. The van der Waals surface area contributed by atoms with Crippen molar-refractivity contribution in [1.29, 1.82) is 0 Å². The second-order valence-electron chi connectivity index (χ2n) is 8.74. The minimum Gasteiger partial charge on any atom is -0.348 e. The summed E-state index contributed by atoms with van der Waals surface area (Å²) in [7, 11) is 0. The number of isothiocyanates is 1. The first kappa shape index (κ1) is 21.4. The van der Waals surface area contributed by atoms with Crippen LogP contribution in [0.25, 0.3) is 11.2 Å². The lowest BCUT2D eigenvalue weighted by molar-refractivity contribution is 0.0257. The fourth-order valence-electron chi connectivity index (χ4n) is 3.57. The number of nitrogens with zero attached hydrogens (tertiary/aromatic N) is 7. The molecule has 3 heterocycles. The van der Waals surface area contributed by atoms with Gasteiger partial charge >= 0.3 is 0 Å². The number of alkyl halides is 2. The molecule has 4 rings (SSSR count). The summed E-state index contributed by atoms with van der Waals surface area (Å²) in [6.45, 7) is 6.64. The van der Waals surface area contributed by atoms with Gasteiger partial charge in [-0.1, -0.05) is 50.3 Å². The Kier molecular flexibility index (Phi) is 5.53. The molecule has 1 fully saturated rings. The number of thiocarbonyl (C=S) groups is 1. The van der Waals surface area contributed by atoms with E-state index in [-0.39, 0.29) is 24.9 Å². The average Bonchev–Trinajstić information content (AvgIpc) is 3.29. The minimum absolute atomic E-state index is 0.203. The Balaban J connectivity index is 1.80. The third-order valence-corrected chi connectivity index (χ3v) is 5.37. The maximum Gasteiger partial charge on any atom is 0.266 e. The number of benzene rings is 1. The third-order valence-electron chi connectivity index (χ3n) is 5.24. The van der Waals surface area contributed by atoms with Crippen LogP contribution in [0.5, 0.6) is 0 Å². The van der Waals surface area contributed by atoms with Gasteiger partial charge in [0.15, 0.2) is 17.0 Å². The molecule has 0 radical (unpaired) electrons. The molecule has 3 aromatic rings. The van der Waals surface area contributed by atoms with Gasteiger partial charge in [0, 0.05) is 18.4 Å². The Hall–Kier alpha value is -2.84. The Morgan fingerprint density at radius 3 is 2.58 bits per heavy atom. The van der Waals surface area contributed by atoms with Crippen molar-refractivity contribution in [2.75, 3.05) is 18.0 Å². The summed E-state index contributed by atoms with van der Waals surface area (Å²) in [4.78, 5) is 15.0. The molecule has 31 heavy (non-hydrogen) atoms. The van der Waals surface area contributed by atoms with Crippen molar-refractivity contribution in [3.8, 4) is 0 Å². The fraction of sp³-hybridized carbons (Fsp3) is 0.476. The van der Waals surface area contributed by atoms with Crippen molar-refractivity contribution in [2.24, 2.45) is 4.99 Å². The van der Waals surface area contributed by atoms with Gasteiger partial charge in [-0.15, -0.1) is 5.10 Å². The summed E-state index contributed by atoms with van der Waals surface area (Å²) in [5.74, 6) is -1.76. The summed E-state index contributed by atoms with van der Waals surface area (Å²) < 4.78 is 29.5. The van der Waals surface area contributed by atoms with Crippen LogP contribution >= 0.6 is 12.2 Å².